The van der Waals surface area contributed by atoms with E-state index in [1.54, 1.807) is 4.90 Å². The zero-order valence-corrected chi connectivity index (χ0v) is 14.3. The summed E-state index contributed by atoms with van der Waals surface area (Å²) in [6, 6.07) is 14.9. The van der Waals surface area contributed by atoms with Crippen molar-refractivity contribution < 1.29 is 10.0 Å². The van der Waals surface area contributed by atoms with Gasteiger partial charge < -0.3 is 10.0 Å². The Morgan fingerprint density at radius 1 is 1.00 bits per heavy atom. The lowest BCUT2D eigenvalue weighted by Crippen LogP contribution is -3.11. The highest BCUT2D eigenvalue weighted by Gasteiger charge is 2.23. The summed E-state index contributed by atoms with van der Waals surface area (Å²) in [5.74, 6) is 1.28. The van der Waals surface area contributed by atoms with Crippen LogP contribution in [0.1, 0.15) is 35.1 Å². The second-order valence-corrected chi connectivity index (χ2v) is 7.13. The minimum Gasteiger partial charge on any atom is -0.507 e. The summed E-state index contributed by atoms with van der Waals surface area (Å²) >= 11 is 0. The van der Waals surface area contributed by atoms with Crippen molar-refractivity contribution in [3.63, 3.8) is 0 Å². The third-order valence-electron chi connectivity index (χ3n) is 5.31. The number of nitrogens with one attached hydrogen (secondary N) is 1. The van der Waals surface area contributed by atoms with Gasteiger partial charge in [0.25, 0.3) is 0 Å². The molecule has 2 heteroatoms. The second-order valence-electron chi connectivity index (χ2n) is 7.13. The number of phenols is 1. The van der Waals surface area contributed by atoms with Crippen LogP contribution >= 0.6 is 0 Å². The van der Waals surface area contributed by atoms with Crippen LogP contribution in [0.15, 0.2) is 42.5 Å². The van der Waals surface area contributed by atoms with Crippen LogP contribution in [0.4, 0.5) is 0 Å². The van der Waals surface area contributed by atoms with Crippen molar-refractivity contribution in [1.82, 2.24) is 0 Å². The van der Waals surface area contributed by atoms with Crippen LogP contribution in [-0.2, 0) is 13.0 Å². The maximum atomic E-state index is 10.2. The summed E-state index contributed by atoms with van der Waals surface area (Å²) in [5.41, 5.74) is 5.01. The summed E-state index contributed by atoms with van der Waals surface area (Å²) in [6.45, 7) is 7.55. The van der Waals surface area contributed by atoms with Crippen molar-refractivity contribution in [1.29, 1.82) is 0 Å². The van der Waals surface area contributed by atoms with Crippen molar-refractivity contribution >= 4 is 0 Å². The molecule has 1 saturated heterocycles. The van der Waals surface area contributed by atoms with E-state index in [0.29, 0.717) is 5.75 Å². The van der Waals surface area contributed by atoms with Crippen molar-refractivity contribution in [3.8, 4) is 5.75 Å². The molecule has 0 radical (unpaired) electrons. The summed E-state index contributed by atoms with van der Waals surface area (Å²) in [6.07, 6.45) is 3.79. The highest BCUT2D eigenvalue weighted by molar-refractivity contribution is 5.40. The molecule has 1 aliphatic rings. The van der Waals surface area contributed by atoms with Crippen molar-refractivity contribution in [3.05, 3.63) is 64.7 Å². The first-order chi connectivity index (χ1) is 11.1. The second kappa shape index (κ2) is 7.18. The molecule has 1 heterocycles. The van der Waals surface area contributed by atoms with Crippen molar-refractivity contribution in [2.24, 2.45) is 5.92 Å². The molecule has 2 aromatic carbocycles. The molecule has 2 N–H and O–H groups in total. The lowest BCUT2D eigenvalue weighted by molar-refractivity contribution is -0.919. The van der Waals surface area contributed by atoms with Crippen LogP contribution in [0.5, 0.6) is 5.75 Å². The minimum absolute atomic E-state index is 0.465. The Morgan fingerprint density at radius 2 is 1.65 bits per heavy atom. The molecule has 0 aliphatic carbocycles. The van der Waals surface area contributed by atoms with Crippen LogP contribution in [0.3, 0.4) is 0 Å². The fourth-order valence-corrected chi connectivity index (χ4v) is 3.69. The monoisotopic (exact) mass is 310 g/mol. The first kappa shape index (κ1) is 16.1. The van der Waals surface area contributed by atoms with Gasteiger partial charge in [-0.25, -0.2) is 0 Å². The molecule has 2 aromatic rings. The van der Waals surface area contributed by atoms with Gasteiger partial charge in [-0.15, -0.1) is 0 Å². The zero-order valence-electron chi connectivity index (χ0n) is 14.3. The van der Waals surface area contributed by atoms with E-state index >= 15 is 0 Å². The molecule has 0 saturated carbocycles. The standard InChI is InChI=1S/C21H27NO/c1-16-12-20(21(23)13-17(16)2)15-22-10-8-19(9-11-22)14-18-6-4-3-5-7-18/h3-7,12-13,19,23H,8-11,14-15H2,1-2H3/p+1. The fraction of sp³-hybridized carbons (Fsp3) is 0.429. The van der Waals surface area contributed by atoms with Crippen molar-refractivity contribution in [2.45, 2.75) is 39.7 Å². The Bertz CT molecular complexity index is 642. The van der Waals surface area contributed by atoms with E-state index in [1.165, 1.54) is 49.0 Å². The fourth-order valence-electron chi connectivity index (χ4n) is 3.69. The molecule has 1 fully saturated rings. The van der Waals surface area contributed by atoms with Gasteiger partial charge in [0.05, 0.1) is 13.1 Å². The molecular weight excluding hydrogens is 282 g/mol. The third-order valence-corrected chi connectivity index (χ3v) is 5.31. The molecule has 0 bridgehead atoms. The number of quaternary nitrogens is 1. The summed E-state index contributed by atoms with van der Waals surface area (Å²) < 4.78 is 0. The van der Waals surface area contributed by atoms with E-state index in [0.717, 1.165) is 18.0 Å². The Morgan fingerprint density at radius 3 is 2.35 bits per heavy atom. The van der Waals surface area contributed by atoms with Gasteiger partial charge in [-0.3, -0.25) is 0 Å². The Labute approximate surface area is 139 Å². The molecule has 1 aliphatic heterocycles. The average molecular weight is 310 g/mol. The number of likely N-dealkylation sites (tertiary alicyclic amines) is 1. The van der Waals surface area contributed by atoms with Gasteiger partial charge in [0.15, 0.2) is 0 Å². The van der Waals surface area contributed by atoms with E-state index in [9.17, 15) is 5.11 Å². The SMILES string of the molecule is Cc1cc(O)c(C[NH+]2CCC(Cc3ccccc3)CC2)cc1C. The molecule has 2 nitrogen and oxygen atoms in total. The quantitative estimate of drug-likeness (QED) is 0.891. The molecule has 0 aromatic heterocycles. The maximum absolute atomic E-state index is 10.2. The van der Waals surface area contributed by atoms with Gasteiger partial charge in [-0.2, -0.15) is 0 Å². The van der Waals surface area contributed by atoms with E-state index < -0.39 is 0 Å². The lowest BCUT2D eigenvalue weighted by atomic mass is 9.90. The molecule has 3 rings (SSSR count). The largest absolute Gasteiger partial charge is 0.507 e. The van der Waals surface area contributed by atoms with Gasteiger partial charge in [-0.05, 0) is 67.9 Å². The number of piperidine rings is 1. The number of aromatic hydroxyl groups is 1. The van der Waals surface area contributed by atoms with Crippen LogP contribution in [0.2, 0.25) is 0 Å². The number of benzene rings is 2. The molecule has 0 amide bonds. The summed E-state index contributed by atoms with van der Waals surface area (Å²) in [7, 11) is 0. The Kier molecular flexibility index (Phi) is 5.02. The molecule has 0 unspecified atom stereocenters. The molecule has 122 valence electrons. The Hall–Kier alpha value is -1.80. The maximum Gasteiger partial charge on any atom is 0.124 e. The first-order valence-corrected chi connectivity index (χ1v) is 8.78. The van der Waals surface area contributed by atoms with Crippen LogP contribution in [0, 0.1) is 19.8 Å². The summed E-state index contributed by atoms with van der Waals surface area (Å²) in [5, 5.41) is 10.2. The Balaban J connectivity index is 1.54. The van der Waals surface area contributed by atoms with E-state index in [2.05, 4.69) is 50.2 Å². The number of aryl methyl sites for hydroxylation is 2. The molecule has 23 heavy (non-hydrogen) atoms. The minimum atomic E-state index is 0.465. The van der Waals surface area contributed by atoms with Gasteiger partial charge in [0, 0.05) is 5.56 Å². The van der Waals surface area contributed by atoms with Crippen molar-refractivity contribution in [2.75, 3.05) is 13.1 Å². The highest BCUT2D eigenvalue weighted by Crippen LogP contribution is 2.22. The van der Waals surface area contributed by atoms with E-state index in [4.69, 9.17) is 0 Å². The van der Waals surface area contributed by atoms with Crippen LogP contribution in [0.25, 0.3) is 0 Å². The molecule has 0 atom stereocenters. The van der Waals surface area contributed by atoms with Gasteiger partial charge in [0.1, 0.15) is 12.3 Å². The van der Waals surface area contributed by atoms with Gasteiger partial charge in [0.2, 0.25) is 0 Å². The molecular formula is C21H28NO+. The highest BCUT2D eigenvalue weighted by atomic mass is 16.3. The topological polar surface area (TPSA) is 24.7 Å². The van der Waals surface area contributed by atoms with Gasteiger partial charge in [-0.1, -0.05) is 30.3 Å². The van der Waals surface area contributed by atoms with Gasteiger partial charge >= 0.3 is 0 Å². The first-order valence-electron chi connectivity index (χ1n) is 8.78. The number of rotatable bonds is 4. The summed E-state index contributed by atoms with van der Waals surface area (Å²) in [4.78, 5) is 1.60. The number of phenolic OH excluding ortho intramolecular Hbond substituents is 1. The van der Waals surface area contributed by atoms with E-state index in [-0.39, 0.29) is 0 Å². The third kappa shape index (κ3) is 4.14. The van der Waals surface area contributed by atoms with Crippen LogP contribution in [-0.4, -0.2) is 18.2 Å². The average Bonchev–Trinajstić information content (AvgIpc) is 2.55. The molecule has 0 spiro atoms. The normalized spacial score (nSPS) is 21.3. The number of hydrogen-bond acceptors (Lipinski definition) is 1. The lowest BCUT2D eigenvalue weighted by Gasteiger charge is -2.29. The predicted molar refractivity (Wildman–Crippen MR) is 94.9 cm³/mol. The van der Waals surface area contributed by atoms with E-state index in [1.807, 2.05) is 6.07 Å². The number of hydrogen-bond donors (Lipinski definition) is 2. The van der Waals surface area contributed by atoms with Crippen LogP contribution < -0.4 is 4.90 Å². The predicted octanol–water partition coefficient (Wildman–Crippen LogP) is 3.05. The zero-order chi connectivity index (χ0) is 16.2. The smallest absolute Gasteiger partial charge is 0.124 e.